The first-order valence-corrected chi connectivity index (χ1v) is 6.24. The highest BCUT2D eigenvalue weighted by Gasteiger charge is 2.11. The lowest BCUT2D eigenvalue weighted by molar-refractivity contribution is 0.415. The fraction of sp³-hybridized carbons (Fsp3) is 0.0667. The van der Waals surface area contributed by atoms with Crippen LogP contribution < -0.4 is 10.5 Å². The van der Waals surface area contributed by atoms with E-state index < -0.39 is 0 Å². The summed E-state index contributed by atoms with van der Waals surface area (Å²) in [5.74, 6) is 1.59. The molecular formula is C15H13N3O3. The summed E-state index contributed by atoms with van der Waals surface area (Å²) in [6.45, 7) is 0. The smallest absolute Gasteiger partial charge is 0.258 e. The Balaban J connectivity index is 1.93. The molecule has 0 spiro atoms. The molecule has 0 atom stereocenters. The molecule has 6 nitrogen and oxygen atoms in total. The number of nitrogens with two attached hydrogens (primary N) is 1. The van der Waals surface area contributed by atoms with E-state index in [0.717, 1.165) is 11.3 Å². The molecule has 0 aliphatic heterocycles. The highest BCUT2D eigenvalue weighted by molar-refractivity contribution is 5.66. The Morgan fingerprint density at radius 3 is 2.48 bits per heavy atom. The van der Waals surface area contributed by atoms with Crippen LogP contribution in [0.1, 0.15) is 0 Å². The third kappa shape index (κ3) is 2.51. The van der Waals surface area contributed by atoms with Crippen molar-refractivity contribution in [2.75, 3.05) is 12.8 Å². The molecule has 1 heterocycles. The first-order valence-electron chi connectivity index (χ1n) is 6.24. The van der Waals surface area contributed by atoms with Crippen molar-refractivity contribution < 1.29 is 14.4 Å². The molecule has 1 aromatic heterocycles. The van der Waals surface area contributed by atoms with Crippen molar-refractivity contribution >= 4 is 5.69 Å². The maximum Gasteiger partial charge on any atom is 0.258 e. The summed E-state index contributed by atoms with van der Waals surface area (Å²) in [7, 11) is 1.61. The van der Waals surface area contributed by atoms with Gasteiger partial charge >= 0.3 is 0 Å². The molecule has 6 heteroatoms. The van der Waals surface area contributed by atoms with Crippen LogP contribution in [-0.4, -0.2) is 22.4 Å². The number of rotatable bonds is 3. The molecule has 0 bridgehead atoms. The van der Waals surface area contributed by atoms with E-state index in [1.54, 1.807) is 19.2 Å². The summed E-state index contributed by atoms with van der Waals surface area (Å²) in [5, 5.41) is 13.4. The molecule has 21 heavy (non-hydrogen) atoms. The molecule has 3 aromatic rings. The summed E-state index contributed by atoms with van der Waals surface area (Å²) in [5.41, 5.74) is 7.38. The number of phenols is 1. The molecule has 0 fully saturated rings. The molecule has 0 radical (unpaired) electrons. The number of nitrogen functional groups attached to an aromatic ring is 1. The molecule has 0 unspecified atom stereocenters. The number of aromatic hydroxyl groups is 1. The lowest BCUT2D eigenvalue weighted by Crippen LogP contribution is -1.87. The number of nitrogens with zero attached hydrogens (tertiary/aromatic N) is 2. The third-order valence-corrected chi connectivity index (χ3v) is 3.05. The molecule has 106 valence electrons. The van der Waals surface area contributed by atoms with Gasteiger partial charge in [0.1, 0.15) is 11.5 Å². The zero-order valence-corrected chi connectivity index (χ0v) is 11.3. The minimum atomic E-state index is 0.0219. The number of phenolic OH excluding ortho intramolecular Hbond substituents is 1. The van der Waals surface area contributed by atoms with Crippen LogP contribution in [0.5, 0.6) is 11.5 Å². The van der Waals surface area contributed by atoms with Crippen LogP contribution in [0.3, 0.4) is 0 Å². The second kappa shape index (κ2) is 5.16. The van der Waals surface area contributed by atoms with Crippen molar-refractivity contribution in [1.82, 2.24) is 10.1 Å². The van der Waals surface area contributed by atoms with Crippen LogP contribution in [0.25, 0.3) is 22.8 Å². The predicted octanol–water partition coefficient (Wildman–Crippen LogP) is 2.70. The second-order valence-corrected chi connectivity index (χ2v) is 4.43. The van der Waals surface area contributed by atoms with E-state index in [1.165, 1.54) is 6.07 Å². The van der Waals surface area contributed by atoms with Crippen molar-refractivity contribution in [2.24, 2.45) is 0 Å². The minimum Gasteiger partial charge on any atom is -0.506 e. The van der Waals surface area contributed by atoms with Crippen LogP contribution in [-0.2, 0) is 0 Å². The Morgan fingerprint density at radius 1 is 1.10 bits per heavy atom. The van der Waals surface area contributed by atoms with Crippen LogP contribution in [0.2, 0.25) is 0 Å². The maximum absolute atomic E-state index is 9.42. The second-order valence-electron chi connectivity index (χ2n) is 4.43. The topological polar surface area (TPSA) is 94.4 Å². The normalized spacial score (nSPS) is 10.5. The van der Waals surface area contributed by atoms with Gasteiger partial charge in [-0.05, 0) is 42.5 Å². The van der Waals surface area contributed by atoms with Gasteiger partial charge in [0.05, 0.1) is 12.8 Å². The number of hydrogen-bond acceptors (Lipinski definition) is 6. The van der Waals surface area contributed by atoms with Gasteiger partial charge in [0.2, 0.25) is 5.82 Å². The Bertz CT molecular complexity index is 766. The molecule has 0 aliphatic carbocycles. The zero-order valence-electron chi connectivity index (χ0n) is 11.3. The van der Waals surface area contributed by atoms with E-state index in [1.807, 2.05) is 24.3 Å². The van der Waals surface area contributed by atoms with Gasteiger partial charge < -0.3 is 20.1 Å². The van der Waals surface area contributed by atoms with Crippen LogP contribution >= 0.6 is 0 Å². The fourth-order valence-corrected chi connectivity index (χ4v) is 1.89. The monoisotopic (exact) mass is 283 g/mol. The summed E-state index contributed by atoms with van der Waals surface area (Å²) < 4.78 is 10.3. The van der Waals surface area contributed by atoms with Gasteiger partial charge in [-0.15, -0.1) is 0 Å². The summed E-state index contributed by atoms with van der Waals surface area (Å²) in [6.07, 6.45) is 0. The van der Waals surface area contributed by atoms with E-state index >= 15 is 0 Å². The Hall–Kier alpha value is -3.02. The fourth-order valence-electron chi connectivity index (χ4n) is 1.89. The van der Waals surface area contributed by atoms with Crippen molar-refractivity contribution in [3.63, 3.8) is 0 Å². The van der Waals surface area contributed by atoms with E-state index in [2.05, 4.69) is 10.1 Å². The standard InChI is InChI=1S/C15H13N3O3/c1-20-11-5-2-9(3-6-11)14-17-15(21-18-14)10-4-7-13(19)12(16)8-10/h2-8,19H,16H2,1H3. The first-order chi connectivity index (χ1) is 10.2. The van der Waals surface area contributed by atoms with Crippen LogP contribution in [0.4, 0.5) is 5.69 Å². The summed E-state index contributed by atoms with van der Waals surface area (Å²) >= 11 is 0. The largest absolute Gasteiger partial charge is 0.506 e. The lowest BCUT2D eigenvalue weighted by Gasteiger charge is -2.00. The summed E-state index contributed by atoms with van der Waals surface area (Å²) in [4.78, 5) is 4.32. The molecule has 2 aromatic carbocycles. The van der Waals surface area contributed by atoms with E-state index in [0.29, 0.717) is 17.3 Å². The Labute approximate surface area is 120 Å². The number of aromatic nitrogens is 2. The SMILES string of the molecule is COc1ccc(-c2noc(-c3ccc(O)c(N)c3)n2)cc1. The van der Waals surface area contributed by atoms with Gasteiger partial charge in [-0.1, -0.05) is 5.16 Å². The number of anilines is 1. The van der Waals surface area contributed by atoms with Gasteiger partial charge in [-0.3, -0.25) is 0 Å². The molecule has 0 aliphatic rings. The predicted molar refractivity (Wildman–Crippen MR) is 77.8 cm³/mol. The molecule has 0 saturated heterocycles. The van der Waals surface area contributed by atoms with E-state index in [9.17, 15) is 5.11 Å². The van der Waals surface area contributed by atoms with Crippen molar-refractivity contribution in [3.8, 4) is 34.3 Å². The zero-order chi connectivity index (χ0) is 14.8. The highest BCUT2D eigenvalue weighted by atomic mass is 16.5. The Morgan fingerprint density at radius 2 is 1.81 bits per heavy atom. The summed E-state index contributed by atoms with van der Waals surface area (Å²) in [6, 6.07) is 12.1. The molecule has 3 N–H and O–H groups in total. The van der Waals surface area contributed by atoms with E-state index in [-0.39, 0.29) is 11.4 Å². The molecule has 3 rings (SSSR count). The minimum absolute atomic E-state index is 0.0219. The van der Waals surface area contributed by atoms with Gasteiger partial charge in [-0.25, -0.2) is 0 Å². The molecule has 0 saturated carbocycles. The molecular weight excluding hydrogens is 270 g/mol. The van der Waals surface area contributed by atoms with Gasteiger partial charge in [-0.2, -0.15) is 4.98 Å². The van der Waals surface area contributed by atoms with Crippen LogP contribution in [0, 0.1) is 0 Å². The van der Waals surface area contributed by atoms with Crippen molar-refractivity contribution in [1.29, 1.82) is 0 Å². The average molecular weight is 283 g/mol. The van der Waals surface area contributed by atoms with Gasteiger partial charge in [0, 0.05) is 11.1 Å². The quantitative estimate of drug-likeness (QED) is 0.567. The maximum atomic E-state index is 9.42. The molecule has 0 amide bonds. The first kappa shape index (κ1) is 13.0. The average Bonchev–Trinajstić information content (AvgIpc) is 3.00. The number of hydrogen-bond donors (Lipinski definition) is 2. The van der Waals surface area contributed by atoms with E-state index in [4.69, 9.17) is 15.0 Å². The highest BCUT2D eigenvalue weighted by Crippen LogP contribution is 2.28. The number of benzene rings is 2. The third-order valence-electron chi connectivity index (χ3n) is 3.05. The lowest BCUT2D eigenvalue weighted by atomic mass is 10.2. The Kier molecular flexibility index (Phi) is 3.19. The van der Waals surface area contributed by atoms with Gasteiger partial charge in [0.25, 0.3) is 5.89 Å². The van der Waals surface area contributed by atoms with Gasteiger partial charge in [0.15, 0.2) is 0 Å². The van der Waals surface area contributed by atoms with Crippen molar-refractivity contribution in [3.05, 3.63) is 42.5 Å². The van der Waals surface area contributed by atoms with Crippen molar-refractivity contribution in [2.45, 2.75) is 0 Å². The number of methoxy groups -OCH3 is 1. The van der Waals surface area contributed by atoms with Crippen LogP contribution in [0.15, 0.2) is 47.0 Å². The number of ether oxygens (including phenoxy) is 1.